The Morgan fingerprint density at radius 1 is 0.409 bits per heavy atom. The highest BCUT2D eigenvalue weighted by molar-refractivity contribution is 6.21. The molecule has 1 aliphatic heterocycles. The van der Waals surface area contributed by atoms with Gasteiger partial charge in [-0.1, -0.05) is 107 Å². The highest BCUT2D eigenvalue weighted by Gasteiger charge is 2.44. The van der Waals surface area contributed by atoms with Crippen molar-refractivity contribution in [1.82, 2.24) is 84.7 Å². The quantitative estimate of drug-likeness (QED) is 0.0147. The van der Waals surface area contributed by atoms with Crippen molar-refractivity contribution < 1.29 is 142 Å². The number of carboxylic acid groups (broad SMARTS) is 3. The molecule has 0 radical (unpaired) electrons. The number of carboxylic acids is 3. The number of benzene rings is 4. The molecule has 750 valence electrons. The number of nitrogens with zero attached hydrogens (tertiary/aromatic N) is 1. The Bertz CT molecular complexity index is 4840. The number of imide groups is 1. The van der Waals surface area contributed by atoms with E-state index >= 15 is 0 Å². The average Bonchev–Trinajstić information content (AvgIpc) is 1.64. The third-order valence-electron chi connectivity index (χ3n) is 22.1. The molecule has 5 rings (SSSR count). The fourth-order valence-corrected chi connectivity index (χ4v) is 14.4. The Hall–Kier alpha value is -14.1. The number of rotatable bonds is 60. The molecule has 16 atom stereocenters. The number of nitrogens with two attached hydrogens (primary N) is 1. The van der Waals surface area contributed by atoms with E-state index in [-0.39, 0.29) is 92.1 Å². The van der Waals surface area contributed by atoms with Crippen molar-refractivity contribution in [3.8, 4) is 11.5 Å². The van der Waals surface area contributed by atoms with E-state index in [1.165, 1.54) is 74.5 Å². The first-order valence-electron chi connectivity index (χ1n) is 44.7. The minimum atomic E-state index is -2.23. The molecule has 4 aromatic rings. The number of aromatic hydroxyl groups is 2. The Balaban J connectivity index is 1.29. The first kappa shape index (κ1) is 113. The van der Waals surface area contributed by atoms with E-state index in [0.717, 1.165) is 18.7 Å². The maximum Gasteiger partial charge on any atom is 0.305 e. The minimum Gasteiger partial charge on any atom is -0.508 e. The molecule has 0 saturated heterocycles. The van der Waals surface area contributed by atoms with Crippen LogP contribution in [0.25, 0.3) is 0 Å². The van der Waals surface area contributed by atoms with Crippen molar-refractivity contribution in [3.63, 3.8) is 0 Å². The van der Waals surface area contributed by atoms with Gasteiger partial charge in [0.1, 0.15) is 83.5 Å². The van der Waals surface area contributed by atoms with Crippen LogP contribution < -0.4 is 85.5 Å². The second-order valence-electron chi connectivity index (χ2n) is 34.0. The molecule has 0 bridgehead atoms. The molecule has 4 aromatic carbocycles. The molecule has 26 N–H and O–H groups in total. The topological polar surface area (TPSA) is 733 Å². The van der Waals surface area contributed by atoms with E-state index in [4.69, 9.17) is 5.73 Å². The first-order chi connectivity index (χ1) is 64.7. The fourth-order valence-electron chi connectivity index (χ4n) is 14.4. The van der Waals surface area contributed by atoms with Crippen LogP contribution in [-0.2, 0) is 106 Å². The van der Waals surface area contributed by atoms with Crippen molar-refractivity contribution in [3.05, 3.63) is 131 Å². The second-order valence-corrected chi connectivity index (χ2v) is 34.0. The molecular formula is C91H127N17O29. The zero-order chi connectivity index (χ0) is 102. The van der Waals surface area contributed by atoms with Crippen LogP contribution in [0.15, 0.2) is 103 Å². The van der Waals surface area contributed by atoms with Crippen molar-refractivity contribution in [2.45, 2.75) is 248 Å². The highest BCUT2D eigenvalue weighted by Crippen LogP contribution is 2.25. The molecule has 1 aliphatic rings. The monoisotopic (exact) mass is 1920 g/mol. The van der Waals surface area contributed by atoms with Gasteiger partial charge in [-0.15, -0.1) is 0 Å². The number of aliphatic hydroxyl groups excluding tert-OH is 4. The van der Waals surface area contributed by atoms with Gasteiger partial charge >= 0.3 is 17.9 Å². The van der Waals surface area contributed by atoms with Crippen LogP contribution in [0.5, 0.6) is 11.5 Å². The molecule has 0 saturated carbocycles. The summed E-state index contributed by atoms with van der Waals surface area (Å²) in [6, 6.07) is 3.81. The van der Waals surface area contributed by atoms with Crippen LogP contribution in [-0.4, -0.2) is 299 Å². The van der Waals surface area contributed by atoms with E-state index in [9.17, 15) is 142 Å². The summed E-state index contributed by atoms with van der Waals surface area (Å²) < 4.78 is 0. The number of phenolic OH excluding ortho intramolecular Hbond substituents is 2. The van der Waals surface area contributed by atoms with Crippen LogP contribution in [0.3, 0.4) is 0 Å². The van der Waals surface area contributed by atoms with E-state index in [1.54, 1.807) is 70.2 Å². The third kappa shape index (κ3) is 37.9. The maximum absolute atomic E-state index is 14.8. The van der Waals surface area contributed by atoms with E-state index in [0.29, 0.717) is 36.9 Å². The Morgan fingerprint density at radius 3 is 1.37 bits per heavy atom. The van der Waals surface area contributed by atoms with Crippen molar-refractivity contribution in [2.75, 3.05) is 39.4 Å². The molecule has 0 unspecified atom stereocenters. The van der Waals surface area contributed by atoms with E-state index in [1.807, 2.05) is 0 Å². The van der Waals surface area contributed by atoms with E-state index < -0.39 is 273 Å². The number of unbranched alkanes of at least 4 members (excludes halogenated alkanes) is 1. The van der Waals surface area contributed by atoms with Crippen LogP contribution >= 0.6 is 0 Å². The number of carbonyl (C=O) groups excluding carboxylic acids is 17. The normalized spacial score (nSPS) is 15.3. The SMILES string of the molecule is CC[C@H](C)[C@H](NC(=O)[C@H](CO)NC(=O)[C@H](Cc1ccc(O)cc1)NC(=O)[C@H](CC(=O)O)NC(=O)[C@H](CO)NC(=O)[C@@H](NC(=O)[C@H](CCc1ccccc1)NC(=O)[C@@H](NC(=O)CNC(=O)[C@H](CCC(=O)O)NC(=O)CCNC(=O)CCCN1C(=O)c2ccccc2C1=O)[C@@H](C)O)[C@@H](C)O)C(=O)N[C@@H](Cc1ccc(O)cc1)C(=O)N[C@@](C)(CC(C)C)C(=O)N[C@@H](CC(=O)O)C(=O)N[C@H](C)CCCCN. The molecule has 46 heteroatoms. The molecule has 0 spiro atoms. The van der Waals surface area contributed by atoms with Crippen molar-refractivity contribution in [1.29, 1.82) is 0 Å². The number of aliphatic carboxylic acids is 3. The van der Waals surface area contributed by atoms with Gasteiger partial charge in [0.25, 0.3) is 11.8 Å². The van der Waals surface area contributed by atoms with Gasteiger partial charge in [-0.25, -0.2) is 0 Å². The number of amides is 17. The fraction of sp³-hybridized carbons (Fsp3) is 0.516. The molecule has 1 heterocycles. The first-order valence-corrected chi connectivity index (χ1v) is 44.7. The number of phenols is 2. The number of carbonyl (C=O) groups is 20. The van der Waals surface area contributed by atoms with Crippen LogP contribution in [0.4, 0.5) is 0 Å². The summed E-state index contributed by atoms with van der Waals surface area (Å²) in [6.07, 6.45) is -6.94. The van der Waals surface area contributed by atoms with Gasteiger partial charge in [-0.3, -0.25) is 101 Å². The minimum absolute atomic E-state index is 0.00220. The number of hydrogen-bond acceptors (Lipinski definition) is 27. The summed E-state index contributed by atoms with van der Waals surface area (Å²) in [5.41, 5.74) is 5.26. The Kier molecular flexibility index (Phi) is 46.6. The average molecular weight is 1920 g/mol. The molecule has 46 nitrogen and oxygen atoms in total. The zero-order valence-electron chi connectivity index (χ0n) is 77.3. The molecule has 17 amide bonds. The lowest BCUT2D eigenvalue weighted by molar-refractivity contribution is -0.142. The highest BCUT2D eigenvalue weighted by atomic mass is 16.4. The summed E-state index contributed by atoms with van der Waals surface area (Å²) in [4.78, 5) is 273. The van der Waals surface area contributed by atoms with Gasteiger partial charge in [0.2, 0.25) is 88.6 Å². The lowest BCUT2D eigenvalue weighted by Crippen LogP contribution is -2.65. The smallest absolute Gasteiger partial charge is 0.305 e. The Labute approximate surface area is 789 Å². The number of hydrogen-bond donors (Lipinski definition) is 25. The van der Waals surface area contributed by atoms with Crippen molar-refractivity contribution >= 4 is 118 Å². The lowest BCUT2D eigenvalue weighted by atomic mass is 9.88. The van der Waals surface area contributed by atoms with Gasteiger partial charge in [0.15, 0.2) is 0 Å². The largest absolute Gasteiger partial charge is 0.508 e. The van der Waals surface area contributed by atoms with Gasteiger partial charge in [-0.2, -0.15) is 0 Å². The predicted molar refractivity (Wildman–Crippen MR) is 486 cm³/mol. The number of fused-ring (bicyclic) bond motifs is 1. The lowest BCUT2D eigenvalue weighted by Gasteiger charge is -2.35. The molecule has 137 heavy (non-hydrogen) atoms. The molecule has 0 fully saturated rings. The molecule has 0 aromatic heterocycles. The zero-order valence-corrected chi connectivity index (χ0v) is 77.3. The van der Waals surface area contributed by atoms with Gasteiger partial charge in [-0.05, 0) is 144 Å². The predicted octanol–water partition coefficient (Wildman–Crippen LogP) is -4.29. The van der Waals surface area contributed by atoms with Crippen LogP contribution in [0.2, 0.25) is 0 Å². The summed E-state index contributed by atoms with van der Waals surface area (Å²) in [7, 11) is 0. The standard InChI is InChI=1S/C91H127N17O29/c1-9-49(4)74(85(132)100-63(41-55-26-31-57(114)32-27-55)84(131)107-91(8,44-48(2)3)90(137)103-65(43-73(122)123)79(126)95-50(5)18-15-16-37-92)105-83(130)67(47-110)101-80(127)62(40-54-24-29-56(113)30-25-54)98-81(128)64(42-72(120)121)99-82(129)66(46-109)102-87(134)76(52(7)112)106-78(125)61(33-28-53-19-11-10-12-20-53)97-86(133)75(51(6)111)104-70(117)45-94-77(124)60(34-35-71(118)119)96-69(116)36-38-93-68(115)23-17-39-108-88(135)58-21-13-14-22-59(58)89(108)136/h10-14,19-22,24-27,29-32,48-52,60-67,74-76,109-114H,9,15-18,23,28,33-47,92H2,1-8H3,(H,93,115)(H,94,124)(H,95,126)(H,96,116)(H,97,133)(H,98,128)(H,99,129)(H,100,132)(H,101,127)(H,102,134)(H,103,137)(H,104,117)(H,105,130)(H,106,125)(H,107,131)(H,118,119)(H,120,121)(H,122,123)/t49-,50+,51+,52+,60-,61-,62-,63-,64-,65-,66-,67-,74-,75-,76-,91-/m0/s1. The summed E-state index contributed by atoms with van der Waals surface area (Å²) in [5.74, 6) is -24.1. The third-order valence-corrected chi connectivity index (χ3v) is 22.1. The van der Waals surface area contributed by atoms with Crippen molar-refractivity contribution in [2.24, 2.45) is 17.6 Å². The number of nitrogens with one attached hydrogen (secondary N) is 15. The second kappa shape index (κ2) is 56.3. The van der Waals surface area contributed by atoms with Crippen LogP contribution in [0, 0.1) is 11.8 Å². The maximum atomic E-state index is 14.8. The van der Waals surface area contributed by atoms with Gasteiger partial charge in [0, 0.05) is 51.2 Å². The Morgan fingerprint density at radius 2 is 0.854 bits per heavy atom. The van der Waals surface area contributed by atoms with Crippen LogP contribution in [0.1, 0.15) is 176 Å². The summed E-state index contributed by atoms with van der Waals surface area (Å²) in [6.45, 7) is 8.15. The molecule has 0 aliphatic carbocycles. The van der Waals surface area contributed by atoms with Gasteiger partial charge < -0.3 is 131 Å². The van der Waals surface area contributed by atoms with E-state index in [2.05, 4.69) is 79.8 Å². The number of aryl methyl sites for hydroxylation is 1. The molecular weight excluding hydrogens is 1800 g/mol. The summed E-state index contributed by atoms with van der Waals surface area (Å²) >= 11 is 0. The summed E-state index contributed by atoms with van der Waals surface area (Å²) in [5, 5.41) is 129. The number of aliphatic hydroxyl groups is 4. The van der Waals surface area contributed by atoms with Gasteiger partial charge in [0.05, 0.1) is 55.9 Å².